The number of anilines is 1. The minimum absolute atomic E-state index is 0.228. The number of carbonyl (C=O) groups is 1. The van der Waals surface area contributed by atoms with Gasteiger partial charge in [0.2, 0.25) is 0 Å². The topological polar surface area (TPSA) is 32.3 Å². The third kappa shape index (κ3) is 2.20. The van der Waals surface area contributed by atoms with Gasteiger partial charge in [0.15, 0.2) is 0 Å². The van der Waals surface area contributed by atoms with Gasteiger partial charge in [0.25, 0.3) is 0 Å². The lowest BCUT2D eigenvalue weighted by Crippen LogP contribution is -2.31. The highest BCUT2D eigenvalue weighted by Gasteiger charge is 2.12. The van der Waals surface area contributed by atoms with Crippen LogP contribution >= 0.6 is 12.8 Å². The van der Waals surface area contributed by atoms with E-state index in [9.17, 15) is 4.79 Å². The summed E-state index contributed by atoms with van der Waals surface area (Å²) in [7, 11) is 1.58. The van der Waals surface area contributed by atoms with Crippen LogP contribution in [0.5, 0.6) is 0 Å². The summed E-state index contributed by atoms with van der Waals surface area (Å²) in [6, 6.07) is 7.48. The average Bonchev–Trinajstić information content (AvgIpc) is 2.26. The zero-order valence-electron chi connectivity index (χ0n) is 8.32. The maximum Gasteiger partial charge on any atom is 0.331 e. The number of amides is 2. The van der Waals surface area contributed by atoms with Crippen LogP contribution in [-0.2, 0) is 6.42 Å². The standard InChI is InChI=1S/C10H14N2OS/c1-3-8-6-4-5-7-9(8)12(14)10(13)11-2/h4-7,14H,3H2,1-2H3,(H,11,13). The molecule has 0 unspecified atom stereocenters. The molecule has 1 aromatic rings. The molecule has 0 aliphatic heterocycles. The normalized spacial score (nSPS) is 9.64. The lowest BCUT2D eigenvalue weighted by molar-refractivity contribution is 0.252. The molecule has 0 aliphatic carbocycles. The van der Waals surface area contributed by atoms with Crippen molar-refractivity contribution in [1.82, 2.24) is 5.32 Å². The van der Waals surface area contributed by atoms with E-state index < -0.39 is 0 Å². The summed E-state index contributed by atoms with van der Waals surface area (Å²) in [4.78, 5) is 11.3. The molecular formula is C10H14N2OS. The zero-order chi connectivity index (χ0) is 10.6. The summed E-state index contributed by atoms with van der Waals surface area (Å²) >= 11 is 4.14. The first-order chi connectivity index (χ1) is 6.70. The van der Waals surface area contributed by atoms with Crippen LogP contribution < -0.4 is 9.62 Å². The monoisotopic (exact) mass is 210 g/mol. The van der Waals surface area contributed by atoms with E-state index in [0.717, 1.165) is 17.7 Å². The number of thiol groups is 1. The molecule has 0 saturated heterocycles. The zero-order valence-corrected chi connectivity index (χ0v) is 9.21. The Labute approximate surface area is 89.7 Å². The molecule has 0 saturated carbocycles. The first-order valence-electron chi connectivity index (χ1n) is 4.49. The Morgan fingerprint density at radius 2 is 2.14 bits per heavy atom. The van der Waals surface area contributed by atoms with E-state index in [1.165, 1.54) is 4.31 Å². The van der Waals surface area contributed by atoms with Crippen molar-refractivity contribution in [3.8, 4) is 0 Å². The highest BCUT2D eigenvalue weighted by Crippen LogP contribution is 2.22. The Balaban J connectivity index is 2.99. The Morgan fingerprint density at radius 3 is 2.71 bits per heavy atom. The van der Waals surface area contributed by atoms with E-state index in [-0.39, 0.29) is 6.03 Å². The van der Waals surface area contributed by atoms with E-state index in [4.69, 9.17) is 0 Å². The third-order valence-electron chi connectivity index (χ3n) is 2.01. The van der Waals surface area contributed by atoms with Gasteiger partial charge >= 0.3 is 6.03 Å². The lowest BCUT2D eigenvalue weighted by Gasteiger charge is -2.17. The predicted molar refractivity (Wildman–Crippen MR) is 61.7 cm³/mol. The van der Waals surface area contributed by atoms with Gasteiger partial charge in [0, 0.05) is 7.05 Å². The molecule has 0 spiro atoms. The molecule has 0 aromatic heterocycles. The number of nitrogens with zero attached hydrogens (tertiary/aromatic N) is 1. The maximum atomic E-state index is 11.3. The smallest absolute Gasteiger partial charge is 0.331 e. The van der Waals surface area contributed by atoms with Gasteiger partial charge in [0.05, 0.1) is 5.69 Å². The fourth-order valence-electron chi connectivity index (χ4n) is 1.23. The van der Waals surface area contributed by atoms with Gasteiger partial charge < -0.3 is 5.32 Å². The molecule has 0 bridgehead atoms. The number of para-hydroxylation sites is 1. The number of aryl methyl sites for hydroxylation is 1. The summed E-state index contributed by atoms with van der Waals surface area (Å²) in [6.45, 7) is 2.05. The number of hydrogen-bond acceptors (Lipinski definition) is 2. The van der Waals surface area contributed by atoms with Crippen molar-refractivity contribution < 1.29 is 4.79 Å². The number of rotatable bonds is 2. The highest BCUT2D eigenvalue weighted by molar-refractivity contribution is 7.82. The molecule has 1 aromatic carbocycles. The largest absolute Gasteiger partial charge is 0.340 e. The van der Waals surface area contributed by atoms with Gasteiger partial charge in [-0.15, -0.1) is 0 Å². The summed E-state index contributed by atoms with van der Waals surface area (Å²) < 4.78 is 1.32. The predicted octanol–water partition coefficient (Wildman–Crippen LogP) is 2.24. The Morgan fingerprint density at radius 1 is 1.50 bits per heavy atom. The summed E-state index contributed by atoms with van der Waals surface area (Å²) in [5, 5.41) is 2.53. The molecule has 0 heterocycles. The van der Waals surface area contributed by atoms with Crippen LogP contribution in [0.1, 0.15) is 12.5 Å². The summed E-state index contributed by atoms with van der Waals surface area (Å²) in [5.41, 5.74) is 1.93. The molecule has 14 heavy (non-hydrogen) atoms. The van der Waals surface area contributed by atoms with E-state index in [1.54, 1.807) is 7.05 Å². The van der Waals surface area contributed by atoms with Crippen LogP contribution in [0.15, 0.2) is 24.3 Å². The van der Waals surface area contributed by atoms with Crippen LogP contribution in [0.4, 0.5) is 10.5 Å². The number of carbonyl (C=O) groups excluding carboxylic acids is 1. The first kappa shape index (κ1) is 10.9. The highest BCUT2D eigenvalue weighted by atomic mass is 32.1. The van der Waals surface area contributed by atoms with Crippen molar-refractivity contribution in [2.45, 2.75) is 13.3 Å². The molecule has 3 nitrogen and oxygen atoms in total. The van der Waals surface area contributed by atoms with E-state index in [1.807, 2.05) is 31.2 Å². The number of benzene rings is 1. The number of hydrogen-bond donors (Lipinski definition) is 2. The van der Waals surface area contributed by atoms with Gasteiger partial charge in [-0.2, -0.15) is 0 Å². The van der Waals surface area contributed by atoms with Crippen molar-refractivity contribution in [2.75, 3.05) is 11.4 Å². The number of urea groups is 1. The SMILES string of the molecule is CCc1ccccc1N(S)C(=O)NC. The summed E-state index contributed by atoms with van der Waals surface area (Å²) in [6.07, 6.45) is 0.879. The molecule has 0 fully saturated rings. The molecule has 1 N–H and O–H groups in total. The molecule has 0 aliphatic rings. The van der Waals surface area contributed by atoms with Crippen molar-refractivity contribution in [1.29, 1.82) is 0 Å². The van der Waals surface area contributed by atoms with Crippen LogP contribution in [-0.4, -0.2) is 13.1 Å². The van der Waals surface area contributed by atoms with Crippen molar-refractivity contribution >= 4 is 24.5 Å². The van der Waals surface area contributed by atoms with Gasteiger partial charge in [-0.05, 0) is 18.1 Å². The minimum atomic E-state index is -0.228. The average molecular weight is 210 g/mol. The second-order valence-electron chi connectivity index (χ2n) is 2.85. The van der Waals surface area contributed by atoms with E-state index >= 15 is 0 Å². The van der Waals surface area contributed by atoms with Crippen LogP contribution in [0.25, 0.3) is 0 Å². The van der Waals surface area contributed by atoms with Crippen LogP contribution in [0.3, 0.4) is 0 Å². The Hall–Kier alpha value is -1.16. The molecule has 1 rings (SSSR count). The quantitative estimate of drug-likeness (QED) is 0.721. The van der Waals surface area contributed by atoms with Crippen LogP contribution in [0.2, 0.25) is 0 Å². The second kappa shape index (κ2) is 4.91. The molecule has 2 amide bonds. The first-order valence-corrected chi connectivity index (χ1v) is 4.89. The van der Waals surface area contributed by atoms with Crippen molar-refractivity contribution in [3.05, 3.63) is 29.8 Å². The lowest BCUT2D eigenvalue weighted by atomic mass is 10.1. The fourth-order valence-corrected chi connectivity index (χ4v) is 1.53. The van der Waals surface area contributed by atoms with Crippen LogP contribution in [0, 0.1) is 0 Å². The fraction of sp³-hybridized carbons (Fsp3) is 0.300. The van der Waals surface area contributed by atoms with Crippen molar-refractivity contribution in [3.63, 3.8) is 0 Å². The second-order valence-corrected chi connectivity index (χ2v) is 3.25. The van der Waals surface area contributed by atoms with Gasteiger partial charge in [-0.3, -0.25) is 0 Å². The van der Waals surface area contributed by atoms with E-state index in [0.29, 0.717) is 0 Å². The molecule has 0 radical (unpaired) electrons. The molecule has 76 valence electrons. The molecule has 0 atom stereocenters. The third-order valence-corrected chi connectivity index (χ3v) is 2.40. The minimum Gasteiger partial charge on any atom is -0.340 e. The van der Waals surface area contributed by atoms with Gasteiger partial charge in [-0.1, -0.05) is 37.9 Å². The van der Waals surface area contributed by atoms with Crippen molar-refractivity contribution in [2.24, 2.45) is 0 Å². The number of nitrogens with one attached hydrogen (secondary N) is 1. The Kier molecular flexibility index (Phi) is 3.83. The van der Waals surface area contributed by atoms with Gasteiger partial charge in [-0.25, -0.2) is 9.10 Å². The summed E-state index contributed by atoms with van der Waals surface area (Å²) in [5.74, 6) is 0. The maximum absolute atomic E-state index is 11.3. The van der Waals surface area contributed by atoms with Gasteiger partial charge in [0.1, 0.15) is 0 Å². The molecule has 4 heteroatoms. The molecular weight excluding hydrogens is 196 g/mol. The van der Waals surface area contributed by atoms with E-state index in [2.05, 4.69) is 18.1 Å². The Bertz CT molecular complexity index is 328.